The van der Waals surface area contributed by atoms with E-state index < -0.39 is 0 Å². The van der Waals surface area contributed by atoms with E-state index in [-0.39, 0.29) is 17.4 Å². The van der Waals surface area contributed by atoms with Gasteiger partial charge in [0.2, 0.25) is 5.91 Å². The van der Waals surface area contributed by atoms with Gasteiger partial charge in [0.15, 0.2) is 11.5 Å². The number of amides is 1. The molecule has 0 radical (unpaired) electrons. The van der Waals surface area contributed by atoms with Crippen LogP contribution in [-0.4, -0.2) is 44.2 Å². The maximum atomic E-state index is 13.0. The van der Waals surface area contributed by atoms with Crippen LogP contribution in [0.2, 0.25) is 0 Å². The van der Waals surface area contributed by atoms with Crippen LogP contribution in [0, 0.1) is 0 Å². The van der Waals surface area contributed by atoms with Gasteiger partial charge >= 0.3 is 0 Å². The Balaban J connectivity index is 1.34. The number of methoxy groups -OCH3 is 1. The van der Waals surface area contributed by atoms with Gasteiger partial charge in [-0.15, -0.1) is 0 Å². The van der Waals surface area contributed by atoms with Crippen LogP contribution in [-0.2, 0) is 28.1 Å². The number of fused-ring (bicyclic) bond motifs is 3. The summed E-state index contributed by atoms with van der Waals surface area (Å²) in [5, 5.41) is 3.14. The maximum Gasteiger partial charge on any atom is 0.234 e. The molecule has 3 aliphatic rings. The number of nitrogens with one attached hydrogen (secondary N) is 1. The molecule has 1 saturated carbocycles. The summed E-state index contributed by atoms with van der Waals surface area (Å²) < 4.78 is 17.1. The highest BCUT2D eigenvalue weighted by Crippen LogP contribution is 2.51. The van der Waals surface area contributed by atoms with Crippen molar-refractivity contribution < 1.29 is 19.0 Å². The lowest BCUT2D eigenvalue weighted by atomic mass is 9.71. The fourth-order valence-electron chi connectivity index (χ4n) is 5.85. The Hall–Kier alpha value is -2.57. The van der Waals surface area contributed by atoms with Crippen molar-refractivity contribution in [2.24, 2.45) is 0 Å². The lowest BCUT2D eigenvalue weighted by Gasteiger charge is -2.46. The first-order valence-corrected chi connectivity index (χ1v) is 12.1. The number of hydrogen-bond acceptors (Lipinski definition) is 5. The second-order valence-electron chi connectivity index (χ2n) is 9.63. The predicted octanol–water partition coefficient (Wildman–Crippen LogP) is 4.11. The summed E-state index contributed by atoms with van der Waals surface area (Å²) >= 11 is 0. The van der Waals surface area contributed by atoms with Crippen molar-refractivity contribution in [3.63, 3.8) is 0 Å². The predicted molar refractivity (Wildman–Crippen MR) is 127 cm³/mol. The molecule has 0 aromatic heterocycles. The number of carbonyl (C=O) groups is 1. The number of ether oxygens (including phenoxy) is 3. The van der Waals surface area contributed by atoms with Crippen molar-refractivity contribution in [3.05, 3.63) is 58.7 Å². The van der Waals surface area contributed by atoms with E-state index in [0.717, 1.165) is 42.0 Å². The Bertz CT molecular complexity index is 1020. The van der Waals surface area contributed by atoms with Crippen LogP contribution in [0.25, 0.3) is 0 Å². The smallest absolute Gasteiger partial charge is 0.234 e. The van der Waals surface area contributed by atoms with Crippen LogP contribution in [0.1, 0.15) is 60.9 Å². The normalized spacial score (nSPS) is 21.1. The fourth-order valence-corrected chi connectivity index (χ4v) is 5.85. The highest BCUT2D eigenvalue weighted by atomic mass is 16.6. The van der Waals surface area contributed by atoms with E-state index >= 15 is 0 Å². The summed E-state index contributed by atoms with van der Waals surface area (Å²) in [5.74, 6) is 1.77. The molecule has 33 heavy (non-hydrogen) atoms. The molecule has 2 aromatic carbocycles. The molecule has 2 heterocycles. The fraction of sp³-hybridized carbons (Fsp3) is 0.519. The third kappa shape index (κ3) is 4.34. The molecule has 2 aliphatic heterocycles. The van der Waals surface area contributed by atoms with Gasteiger partial charge in [-0.1, -0.05) is 37.1 Å². The molecule has 5 rings (SSSR count). The lowest BCUT2D eigenvalue weighted by molar-refractivity contribution is -0.123. The maximum absolute atomic E-state index is 13.0. The minimum absolute atomic E-state index is 0.0585. The van der Waals surface area contributed by atoms with E-state index in [9.17, 15) is 4.79 Å². The molecule has 2 aromatic rings. The van der Waals surface area contributed by atoms with Gasteiger partial charge in [0.25, 0.3) is 0 Å². The highest BCUT2D eigenvalue weighted by Gasteiger charge is 2.45. The summed E-state index contributed by atoms with van der Waals surface area (Å²) in [4.78, 5) is 15.4. The van der Waals surface area contributed by atoms with E-state index in [1.807, 2.05) is 24.3 Å². The average Bonchev–Trinajstić information content (AvgIpc) is 3.30. The molecule has 1 unspecified atom stereocenters. The average molecular weight is 451 g/mol. The van der Waals surface area contributed by atoms with Crippen molar-refractivity contribution in [1.29, 1.82) is 0 Å². The Morgan fingerprint density at radius 3 is 2.55 bits per heavy atom. The third-order valence-electron chi connectivity index (χ3n) is 7.59. The standard InChI is InChI=1S/C27H34N2O4/c1-19-22-13-24-25(33-12-11-32-24)14-23(22)27(9-5-6-10-27)18-29(19)16-26(30)28-15-20-7-3-4-8-21(20)17-31-2/h3-4,7-8,13-14,19H,5-6,9-12,15-18H2,1-2H3,(H,28,30). The minimum Gasteiger partial charge on any atom is -0.486 e. The Kier molecular flexibility index (Phi) is 6.30. The Morgan fingerprint density at radius 1 is 1.12 bits per heavy atom. The largest absolute Gasteiger partial charge is 0.486 e. The van der Waals surface area contributed by atoms with E-state index in [2.05, 4.69) is 29.3 Å². The van der Waals surface area contributed by atoms with E-state index in [1.54, 1.807) is 7.11 Å². The van der Waals surface area contributed by atoms with Crippen LogP contribution >= 0.6 is 0 Å². The van der Waals surface area contributed by atoms with E-state index in [4.69, 9.17) is 14.2 Å². The SMILES string of the molecule is COCc1ccccc1CNC(=O)CN1CC2(CCCC2)c2cc3c(cc2C1C)OCCO3. The first kappa shape index (κ1) is 22.2. The summed E-state index contributed by atoms with van der Waals surface area (Å²) in [7, 11) is 1.69. The Labute approximate surface area is 196 Å². The van der Waals surface area contributed by atoms with Gasteiger partial charge in [-0.25, -0.2) is 0 Å². The molecule has 1 N–H and O–H groups in total. The molecule has 1 atom stereocenters. The van der Waals surface area contributed by atoms with Gasteiger partial charge in [0.1, 0.15) is 13.2 Å². The van der Waals surface area contributed by atoms with Crippen LogP contribution in [0.4, 0.5) is 0 Å². The van der Waals surface area contributed by atoms with Gasteiger partial charge in [0, 0.05) is 31.7 Å². The second-order valence-corrected chi connectivity index (χ2v) is 9.63. The van der Waals surface area contributed by atoms with Gasteiger partial charge < -0.3 is 19.5 Å². The molecule has 0 bridgehead atoms. The molecule has 1 amide bonds. The van der Waals surface area contributed by atoms with E-state index in [1.165, 1.54) is 24.0 Å². The van der Waals surface area contributed by atoms with Gasteiger partial charge in [-0.2, -0.15) is 0 Å². The van der Waals surface area contributed by atoms with Crippen LogP contribution in [0.15, 0.2) is 36.4 Å². The van der Waals surface area contributed by atoms with Gasteiger partial charge in [0.05, 0.1) is 13.2 Å². The van der Waals surface area contributed by atoms with Crippen molar-refractivity contribution in [1.82, 2.24) is 10.2 Å². The third-order valence-corrected chi connectivity index (χ3v) is 7.59. The number of carbonyl (C=O) groups excluding carboxylic acids is 1. The summed E-state index contributed by atoms with van der Waals surface area (Å²) in [6, 6.07) is 12.6. The van der Waals surface area contributed by atoms with Crippen molar-refractivity contribution in [2.45, 2.75) is 57.2 Å². The van der Waals surface area contributed by atoms with Crippen molar-refractivity contribution >= 4 is 5.91 Å². The van der Waals surface area contributed by atoms with Crippen molar-refractivity contribution in [3.8, 4) is 11.5 Å². The zero-order chi connectivity index (χ0) is 22.8. The highest BCUT2D eigenvalue weighted by molar-refractivity contribution is 5.78. The van der Waals surface area contributed by atoms with Crippen LogP contribution in [0.3, 0.4) is 0 Å². The molecular weight excluding hydrogens is 416 g/mol. The first-order chi connectivity index (χ1) is 16.1. The summed E-state index contributed by atoms with van der Waals surface area (Å²) in [6.07, 6.45) is 4.79. The molecule has 6 heteroatoms. The monoisotopic (exact) mass is 450 g/mol. The molecule has 0 saturated heterocycles. The number of nitrogens with zero attached hydrogens (tertiary/aromatic N) is 1. The topological polar surface area (TPSA) is 60.0 Å². The lowest BCUT2D eigenvalue weighted by Crippen LogP contribution is -2.49. The number of hydrogen-bond donors (Lipinski definition) is 1. The van der Waals surface area contributed by atoms with Crippen LogP contribution < -0.4 is 14.8 Å². The molecule has 176 valence electrons. The Morgan fingerprint density at radius 2 is 1.82 bits per heavy atom. The number of benzene rings is 2. The summed E-state index contributed by atoms with van der Waals surface area (Å²) in [5.41, 5.74) is 4.99. The minimum atomic E-state index is 0.0585. The number of rotatable bonds is 6. The van der Waals surface area contributed by atoms with E-state index in [0.29, 0.717) is 32.9 Å². The zero-order valence-electron chi connectivity index (χ0n) is 19.7. The molecular formula is C27H34N2O4. The quantitative estimate of drug-likeness (QED) is 0.718. The van der Waals surface area contributed by atoms with Crippen LogP contribution in [0.5, 0.6) is 11.5 Å². The zero-order valence-corrected chi connectivity index (χ0v) is 19.7. The van der Waals surface area contributed by atoms with Gasteiger partial charge in [-0.3, -0.25) is 9.69 Å². The first-order valence-electron chi connectivity index (χ1n) is 12.1. The van der Waals surface area contributed by atoms with Crippen molar-refractivity contribution in [2.75, 3.05) is 33.4 Å². The summed E-state index contributed by atoms with van der Waals surface area (Å²) in [6.45, 7) is 5.76. The molecule has 1 fully saturated rings. The van der Waals surface area contributed by atoms with Gasteiger partial charge in [-0.05, 0) is 54.2 Å². The molecule has 1 aliphatic carbocycles. The molecule has 1 spiro atoms. The molecule has 6 nitrogen and oxygen atoms in total. The second kappa shape index (κ2) is 9.35.